The number of H-pyrrole nitrogens is 1. The molecule has 0 bridgehead atoms. The first-order valence-corrected chi connectivity index (χ1v) is 11.7. The Labute approximate surface area is 192 Å². The van der Waals surface area contributed by atoms with Gasteiger partial charge >= 0.3 is 0 Å². The van der Waals surface area contributed by atoms with Crippen LogP contribution in [0.3, 0.4) is 0 Å². The Balaban J connectivity index is 1.43. The summed E-state index contributed by atoms with van der Waals surface area (Å²) in [6, 6.07) is 17.4. The lowest BCUT2D eigenvalue weighted by Crippen LogP contribution is -2.11. The lowest BCUT2D eigenvalue weighted by molar-refractivity contribution is 0.288. The van der Waals surface area contributed by atoms with E-state index in [0.717, 1.165) is 34.5 Å². The van der Waals surface area contributed by atoms with Crippen molar-refractivity contribution in [3.63, 3.8) is 0 Å². The molecule has 0 atom stereocenters. The number of para-hydroxylation sites is 1. The zero-order chi connectivity index (χ0) is 22.7. The first-order chi connectivity index (χ1) is 15.3. The van der Waals surface area contributed by atoms with E-state index in [1.807, 2.05) is 41.0 Å². The summed E-state index contributed by atoms with van der Waals surface area (Å²) in [4.78, 5) is 15.7. The number of thioether (sulfide) groups is 1. The monoisotopic (exact) mass is 448 g/mol. The Hall–Kier alpha value is -3.06. The normalized spacial score (nSPS) is 11.8. The molecule has 0 aliphatic heterocycles. The number of rotatable bonds is 7. The molecule has 0 radical (unpaired) electrons. The fraction of sp³-hybridized carbons (Fsp3) is 0.320. The van der Waals surface area contributed by atoms with E-state index in [1.165, 1.54) is 5.56 Å². The van der Waals surface area contributed by atoms with Crippen LogP contribution < -0.4 is 10.2 Å². The Kier molecular flexibility index (Phi) is 6.37. The van der Waals surface area contributed by atoms with Crippen LogP contribution in [-0.4, -0.2) is 19.7 Å². The molecule has 0 amide bonds. The third-order valence-electron chi connectivity index (χ3n) is 5.35. The van der Waals surface area contributed by atoms with E-state index in [9.17, 15) is 4.79 Å². The third kappa shape index (κ3) is 4.88. The van der Waals surface area contributed by atoms with Crippen LogP contribution >= 0.6 is 11.8 Å². The largest absolute Gasteiger partial charge is 0.486 e. The van der Waals surface area contributed by atoms with Crippen LogP contribution in [0.5, 0.6) is 5.75 Å². The van der Waals surface area contributed by atoms with Crippen molar-refractivity contribution >= 4 is 22.7 Å². The Morgan fingerprint density at radius 1 is 1.06 bits per heavy atom. The number of aromatic amines is 1. The van der Waals surface area contributed by atoms with Gasteiger partial charge in [-0.1, -0.05) is 56.8 Å². The molecule has 4 aromatic rings. The molecular weight excluding hydrogens is 420 g/mol. The Morgan fingerprint density at radius 2 is 1.81 bits per heavy atom. The summed E-state index contributed by atoms with van der Waals surface area (Å²) in [6.45, 7) is 9.74. The average Bonchev–Trinajstić information content (AvgIpc) is 3.18. The summed E-state index contributed by atoms with van der Waals surface area (Å²) in [6.07, 6.45) is 0. The van der Waals surface area contributed by atoms with Gasteiger partial charge in [0.05, 0.1) is 0 Å². The summed E-state index contributed by atoms with van der Waals surface area (Å²) in [5.74, 6) is 2.20. The highest BCUT2D eigenvalue weighted by molar-refractivity contribution is 7.98. The van der Waals surface area contributed by atoms with Crippen LogP contribution in [-0.2, 0) is 24.3 Å². The molecule has 166 valence electrons. The summed E-state index contributed by atoms with van der Waals surface area (Å²) in [5, 5.41) is 10.2. The SMILES string of the molecule is CCn1c(COc2ccc(C(C)(C)C)cc2)nnc1SCc1cc(=O)c2ccccc2[nH]1. The second-order valence-electron chi connectivity index (χ2n) is 8.70. The van der Waals surface area contributed by atoms with Gasteiger partial charge in [-0.3, -0.25) is 4.79 Å². The van der Waals surface area contributed by atoms with Gasteiger partial charge in [0.25, 0.3) is 0 Å². The van der Waals surface area contributed by atoms with Gasteiger partial charge < -0.3 is 14.3 Å². The van der Waals surface area contributed by atoms with Crippen molar-refractivity contribution in [2.45, 2.75) is 57.2 Å². The zero-order valence-corrected chi connectivity index (χ0v) is 19.7. The molecule has 6 nitrogen and oxygen atoms in total. The summed E-state index contributed by atoms with van der Waals surface area (Å²) < 4.78 is 8.01. The van der Waals surface area contributed by atoms with Crippen molar-refractivity contribution in [1.29, 1.82) is 0 Å². The molecule has 0 saturated heterocycles. The Bertz CT molecular complexity index is 1270. The number of nitrogens with zero attached hydrogens (tertiary/aromatic N) is 3. The van der Waals surface area contributed by atoms with Gasteiger partial charge in [0.15, 0.2) is 16.4 Å². The van der Waals surface area contributed by atoms with Crippen LogP contribution in [0.1, 0.15) is 44.8 Å². The number of aromatic nitrogens is 4. The quantitative estimate of drug-likeness (QED) is 0.388. The van der Waals surface area contributed by atoms with Crippen molar-refractivity contribution in [2.75, 3.05) is 0 Å². The molecule has 0 saturated carbocycles. The first kappa shape index (κ1) is 22.1. The minimum absolute atomic E-state index is 0.0264. The molecule has 2 heterocycles. The van der Waals surface area contributed by atoms with Crippen LogP contribution in [0.4, 0.5) is 0 Å². The molecule has 4 rings (SSSR count). The zero-order valence-electron chi connectivity index (χ0n) is 18.9. The number of pyridine rings is 1. The van der Waals surface area contributed by atoms with Crippen LogP contribution in [0.25, 0.3) is 10.9 Å². The molecule has 0 spiro atoms. The third-order valence-corrected chi connectivity index (χ3v) is 6.36. The molecule has 0 aliphatic carbocycles. The highest BCUT2D eigenvalue weighted by Gasteiger charge is 2.15. The predicted octanol–water partition coefficient (Wildman–Crippen LogP) is 5.31. The van der Waals surface area contributed by atoms with Crippen molar-refractivity contribution in [3.8, 4) is 5.75 Å². The van der Waals surface area contributed by atoms with Crippen molar-refractivity contribution in [3.05, 3.63) is 81.9 Å². The molecular formula is C25H28N4O2S. The highest BCUT2D eigenvalue weighted by Crippen LogP contribution is 2.25. The number of hydrogen-bond acceptors (Lipinski definition) is 5. The maximum Gasteiger partial charge on any atom is 0.191 e. The van der Waals surface area contributed by atoms with Gasteiger partial charge in [-0.15, -0.1) is 10.2 Å². The fourth-order valence-corrected chi connectivity index (χ4v) is 4.45. The van der Waals surface area contributed by atoms with Gasteiger partial charge in [0.1, 0.15) is 12.4 Å². The standard InChI is InChI=1S/C25H28N4O2S/c1-5-29-23(15-31-19-12-10-17(11-13-19)25(2,3)4)27-28-24(29)32-16-18-14-22(30)20-8-6-7-9-21(20)26-18/h6-14H,5,15-16H2,1-4H3,(H,26,30). The predicted molar refractivity (Wildman–Crippen MR) is 129 cm³/mol. The van der Waals surface area contributed by atoms with Crippen LogP contribution in [0.2, 0.25) is 0 Å². The first-order valence-electron chi connectivity index (χ1n) is 10.7. The number of nitrogens with one attached hydrogen (secondary N) is 1. The van der Waals surface area contributed by atoms with E-state index in [0.29, 0.717) is 17.7 Å². The second-order valence-corrected chi connectivity index (χ2v) is 9.64. The smallest absolute Gasteiger partial charge is 0.191 e. The lowest BCUT2D eigenvalue weighted by Gasteiger charge is -2.19. The van der Waals surface area contributed by atoms with E-state index in [2.05, 4.69) is 55.0 Å². The average molecular weight is 449 g/mol. The van der Waals surface area contributed by atoms with E-state index < -0.39 is 0 Å². The molecule has 32 heavy (non-hydrogen) atoms. The second kappa shape index (κ2) is 9.20. The van der Waals surface area contributed by atoms with Crippen molar-refractivity contribution in [1.82, 2.24) is 19.7 Å². The van der Waals surface area contributed by atoms with E-state index in [1.54, 1.807) is 17.8 Å². The molecule has 0 fully saturated rings. The Morgan fingerprint density at radius 3 is 2.53 bits per heavy atom. The van der Waals surface area contributed by atoms with E-state index in [-0.39, 0.29) is 10.8 Å². The summed E-state index contributed by atoms with van der Waals surface area (Å²) >= 11 is 1.55. The lowest BCUT2D eigenvalue weighted by atomic mass is 9.87. The van der Waals surface area contributed by atoms with Crippen LogP contribution in [0.15, 0.2) is 64.5 Å². The topological polar surface area (TPSA) is 72.8 Å². The molecule has 0 aliphatic rings. The number of ether oxygens (including phenoxy) is 1. The highest BCUT2D eigenvalue weighted by atomic mass is 32.2. The van der Waals surface area contributed by atoms with E-state index in [4.69, 9.17) is 4.74 Å². The van der Waals surface area contributed by atoms with Gasteiger partial charge in [-0.25, -0.2) is 0 Å². The molecule has 0 unspecified atom stereocenters. The van der Waals surface area contributed by atoms with E-state index >= 15 is 0 Å². The number of hydrogen-bond donors (Lipinski definition) is 1. The number of benzene rings is 2. The van der Waals surface area contributed by atoms with Gasteiger partial charge in [-0.2, -0.15) is 0 Å². The van der Waals surface area contributed by atoms with Crippen LogP contribution in [0, 0.1) is 0 Å². The molecule has 2 aromatic carbocycles. The summed E-state index contributed by atoms with van der Waals surface area (Å²) in [7, 11) is 0. The van der Waals surface area contributed by atoms with Crippen molar-refractivity contribution < 1.29 is 4.74 Å². The maximum absolute atomic E-state index is 12.4. The minimum Gasteiger partial charge on any atom is -0.486 e. The maximum atomic E-state index is 12.4. The van der Waals surface area contributed by atoms with Crippen molar-refractivity contribution in [2.24, 2.45) is 0 Å². The molecule has 1 N–H and O–H groups in total. The molecule has 2 aromatic heterocycles. The number of fused-ring (bicyclic) bond motifs is 1. The van der Waals surface area contributed by atoms with Gasteiger partial charge in [-0.05, 0) is 42.2 Å². The molecule has 7 heteroatoms. The fourth-order valence-electron chi connectivity index (χ4n) is 3.52. The van der Waals surface area contributed by atoms with Gasteiger partial charge in [0, 0.05) is 35.0 Å². The summed E-state index contributed by atoms with van der Waals surface area (Å²) in [5.41, 5.74) is 3.12. The van der Waals surface area contributed by atoms with Gasteiger partial charge in [0.2, 0.25) is 0 Å². The minimum atomic E-state index is 0.0264.